The molecule has 0 radical (unpaired) electrons. The van der Waals surface area contributed by atoms with Gasteiger partial charge in [-0.1, -0.05) is 26.3 Å². The smallest absolute Gasteiger partial charge is 0.250 e. The Morgan fingerprint density at radius 3 is 2.68 bits per heavy atom. The van der Waals surface area contributed by atoms with Crippen LogP contribution >= 0.6 is 0 Å². The fourth-order valence-electron chi connectivity index (χ4n) is 3.75. The van der Waals surface area contributed by atoms with Crippen molar-refractivity contribution in [3.63, 3.8) is 0 Å². The van der Waals surface area contributed by atoms with E-state index in [1.807, 2.05) is 19.3 Å². The molecule has 1 fully saturated rings. The van der Waals surface area contributed by atoms with Crippen molar-refractivity contribution in [3.05, 3.63) is 34.7 Å². The maximum absolute atomic E-state index is 11.6. The number of nitrogens with one attached hydrogen (secondary N) is 2. The molecule has 0 aliphatic heterocycles. The lowest BCUT2D eigenvalue weighted by atomic mass is 9.64. The van der Waals surface area contributed by atoms with E-state index in [0.29, 0.717) is 5.41 Å². The molecule has 140 valence electrons. The van der Waals surface area contributed by atoms with Crippen molar-refractivity contribution in [2.75, 3.05) is 20.1 Å². The highest BCUT2D eigenvalue weighted by Crippen LogP contribution is 2.45. The second kappa shape index (κ2) is 9.64. The van der Waals surface area contributed by atoms with Crippen LogP contribution in [0.25, 0.3) is 0 Å². The SMILES string of the molecule is CN=C(NCCCCn1ccccc1=O)NCC1(CC(C)C)CCC1. The summed E-state index contributed by atoms with van der Waals surface area (Å²) in [6.07, 6.45) is 9.16. The van der Waals surface area contributed by atoms with Crippen molar-refractivity contribution in [1.29, 1.82) is 0 Å². The number of nitrogens with zero attached hydrogens (tertiary/aromatic N) is 2. The summed E-state index contributed by atoms with van der Waals surface area (Å²) in [5, 5.41) is 6.91. The van der Waals surface area contributed by atoms with Crippen molar-refractivity contribution < 1.29 is 0 Å². The standard InChI is InChI=1S/C20H34N4O/c1-17(2)15-20(10-8-11-20)16-23-19(21-3)22-12-5-7-14-24-13-6-4-9-18(24)25/h4,6,9,13,17H,5,7-8,10-12,14-16H2,1-3H3,(H2,21,22,23). The number of hydrogen-bond acceptors (Lipinski definition) is 2. The van der Waals surface area contributed by atoms with Gasteiger partial charge in [0.2, 0.25) is 5.56 Å². The first-order valence-corrected chi connectivity index (χ1v) is 9.65. The van der Waals surface area contributed by atoms with Crippen molar-refractivity contribution >= 4 is 5.96 Å². The van der Waals surface area contributed by atoms with E-state index in [9.17, 15) is 4.79 Å². The summed E-state index contributed by atoms with van der Waals surface area (Å²) in [5.74, 6) is 1.64. The van der Waals surface area contributed by atoms with Crippen LogP contribution in [0.2, 0.25) is 0 Å². The van der Waals surface area contributed by atoms with E-state index in [2.05, 4.69) is 29.5 Å². The Balaban J connectivity index is 1.65. The monoisotopic (exact) mass is 346 g/mol. The number of guanidine groups is 1. The zero-order valence-electron chi connectivity index (χ0n) is 16.1. The maximum Gasteiger partial charge on any atom is 0.250 e. The summed E-state index contributed by atoms with van der Waals surface area (Å²) in [4.78, 5) is 16.0. The molecule has 0 atom stereocenters. The van der Waals surface area contributed by atoms with Gasteiger partial charge in [0.05, 0.1) is 0 Å². The number of unbranched alkanes of at least 4 members (excludes halogenated alkanes) is 1. The Hall–Kier alpha value is -1.78. The van der Waals surface area contributed by atoms with E-state index < -0.39 is 0 Å². The molecule has 0 spiro atoms. The second-order valence-corrected chi connectivity index (χ2v) is 7.74. The fraction of sp³-hybridized carbons (Fsp3) is 0.700. The van der Waals surface area contributed by atoms with E-state index in [1.54, 1.807) is 16.7 Å². The molecule has 1 aliphatic rings. The van der Waals surface area contributed by atoms with Gasteiger partial charge in [-0.25, -0.2) is 0 Å². The minimum absolute atomic E-state index is 0.0730. The van der Waals surface area contributed by atoms with Crippen LogP contribution in [0.3, 0.4) is 0 Å². The third kappa shape index (κ3) is 6.22. The third-order valence-corrected chi connectivity index (χ3v) is 5.13. The Morgan fingerprint density at radius 1 is 1.28 bits per heavy atom. The normalized spacial score (nSPS) is 16.6. The molecule has 0 bridgehead atoms. The van der Waals surface area contributed by atoms with E-state index in [0.717, 1.165) is 44.4 Å². The number of aryl methyl sites for hydroxylation is 1. The van der Waals surface area contributed by atoms with Gasteiger partial charge in [-0.15, -0.1) is 0 Å². The van der Waals surface area contributed by atoms with Crippen molar-refractivity contribution in [3.8, 4) is 0 Å². The molecule has 1 aromatic heterocycles. The minimum atomic E-state index is 0.0730. The lowest BCUT2D eigenvalue weighted by Gasteiger charge is -2.43. The minimum Gasteiger partial charge on any atom is -0.356 e. The molecule has 25 heavy (non-hydrogen) atoms. The predicted octanol–water partition coefficient (Wildman–Crippen LogP) is 3.01. The summed E-state index contributed by atoms with van der Waals surface area (Å²) >= 11 is 0. The van der Waals surface area contributed by atoms with E-state index >= 15 is 0 Å². The molecule has 0 aromatic carbocycles. The van der Waals surface area contributed by atoms with Gasteiger partial charge >= 0.3 is 0 Å². The first-order valence-electron chi connectivity index (χ1n) is 9.65. The van der Waals surface area contributed by atoms with E-state index in [-0.39, 0.29) is 5.56 Å². The number of aliphatic imine (C=N–C) groups is 1. The van der Waals surface area contributed by atoms with Crippen LogP contribution < -0.4 is 16.2 Å². The molecular weight excluding hydrogens is 312 g/mol. The predicted molar refractivity (Wildman–Crippen MR) is 105 cm³/mol. The number of pyridine rings is 1. The van der Waals surface area contributed by atoms with Gasteiger partial charge in [-0.2, -0.15) is 0 Å². The Kier molecular flexibility index (Phi) is 7.53. The van der Waals surface area contributed by atoms with Gasteiger partial charge in [0, 0.05) is 38.9 Å². The van der Waals surface area contributed by atoms with Crippen molar-refractivity contribution in [2.45, 2.75) is 58.9 Å². The van der Waals surface area contributed by atoms with Crippen LogP contribution in [0.4, 0.5) is 0 Å². The molecule has 5 heteroatoms. The van der Waals surface area contributed by atoms with Crippen LogP contribution in [0.15, 0.2) is 34.2 Å². The molecule has 2 rings (SSSR count). The first-order chi connectivity index (χ1) is 12.0. The van der Waals surface area contributed by atoms with Gasteiger partial charge in [-0.3, -0.25) is 9.79 Å². The fourth-order valence-corrected chi connectivity index (χ4v) is 3.75. The van der Waals surface area contributed by atoms with Crippen molar-refractivity contribution in [2.24, 2.45) is 16.3 Å². The topological polar surface area (TPSA) is 58.4 Å². The highest BCUT2D eigenvalue weighted by Gasteiger charge is 2.37. The molecule has 1 heterocycles. The van der Waals surface area contributed by atoms with Gasteiger partial charge in [0.1, 0.15) is 0 Å². The highest BCUT2D eigenvalue weighted by atomic mass is 16.1. The first kappa shape index (κ1) is 19.5. The average molecular weight is 347 g/mol. The van der Waals surface area contributed by atoms with Gasteiger partial charge < -0.3 is 15.2 Å². The average Bonchev–Trinajstić information content (AvgIpc) is 2.55. The summed E-state index contributed by atoms with van der Waals surface area (Å²) in [6.45, 7) is 7.28. The van der Waals surface area contributed by atoms with E-state index in [4.69, 9.17) is 0 Å². The zero-order chi connectivity index (χ0) is 18.1. The van der Waals surface area contributed by atoms with Gasteiger partial charge in [0.15, 0.2) is 5.96 Å². The Labute approximate surface area is 151 Å². The molecule has 5 nitrogen and oxygen atoms in total. The molecule has 2 N–H and O–H groups in total. The molecular formula is C20H34N4O. The molecule has 1 aromatic rings. The Bertz CT molecular complexity index is 602. The maximum atomic E-state index is 11.6. The lowest BCUT2D eigenvalue weighted by molar-refractivity contribution is 0.104. The second-order valence-electron chi connectivity index (χ2n) is 7.74. The van der Waals surface area contributed by atoms with Gasteiger partial charge in [0.25, 0.3) is 0 Å². The number of hydrogen-bond donors (Lipinski definition) is 2. The summed E-state index contributed by atoms with van der Waals surface area (Å²) in [7, 11) is 1.83. The number of aromatic nitrogens is 1. The lowest BCUT2D eigenvalue weighted by Crippen LogP contribution is -2.47. The summed E-state index contributed by atoms with van der Waals surface area (Å²) < 4.78 is 1.76. The quantitative estimate of drug-likeness (QED) is 0.410. The molecule has 1 saturated carbocycles. The van der Waals surface area contributed by atoms with Crippen LogP contribution in [0.1, 0.15) is 52.4 Å². The molecule has 0 saturated heterocycles. The molecule has 0 amide bonds. The van der Waals surface area contributed by atoms with Crippen LogP contribution in [-0.4, -0.2) is 30.7 Å². The van der Waals surface area contributed by atoms with Crippen LogP contribution in [0.5, 0.6) is 0 Å². The highest BCUT2D eigenvalue weighted by molar-refractivity contribution is 5.79. The largest absolute Gasteiger partial charge is 0.356 e. The summed E-state index contributed by atoms with van der Waals surface area (Å²) in [6, 6.07) is 5.29. The van der Waals surface area contributed by atoms with Gasteiger partial charge in [-0.05, 0) is 49.5 Å². The Morgan fingerprint density at radius 2 is 2.08 bits per heavy atom. The third-order valence-electron chi connectivity index (χ3n) is 5.13. The summed E-state index contributed by atoms with van der Waals surface area (Å²) in [5.41, 5.74) is 0.546. The van der Waals surface area contributed by atoms with Crippen molar-refractivity contribution in [1.82, 2.24) is 15.2 Å². The number of rotatable bonds is 9. The van der Waals surface area contributed by atoms with Crippen LogP contribution in [0, 0.1) is 11.3 Å². The van der Waals surface area contributed by atoms with E-state index in [1.165, 1.54) is 25.7 Å². The zero-order valence-corrected chi connectivity index (χ0v) is 16.1. The van der Waals surface area contributed by atoms with Crippen LogP contribution in [-0.2, 0) is 6.54 Å². The molecule has 0 unspecified atom stereocenters. The molecule has 1 aliphatic carbocycles.